The summed E-state index contributed by atoms with van der Waals surface area (Å²) in [7, 11) is -3.51. The summed E-state index contributed by atoms with van der Waals surface area (Å²) in [6.07, 6.45) is 2.42. The monoisotopic (exact) mass is 373 g/mol. The molecule has 0 amide bonds. The van der Waals surface area contributed by atoms with Crippen LogP contribution < -0.4 is 0 Å². The van der Waals surface area contributed by atoms with Gasteiger partial charge in [0, 0.05) is 24.2 Å². The Balaban J connectivity index is 1.64. The lowest BCUT2D eigenvalue weighted by atomic mass is 10.1. The molecule has 2 heterocycles. The van der Waals surface area contributed by atoms with Crippen LogP contribution in [0.5, 0.6) is 0 Å². The van der Waals surface area contributed by atoms with Crippen LogP contribution in [0, 0.1) is 0 Å². The fourth-order valence-electron chi connectivity index (χ4n) is 3.25. The molecule has 1 aromatic heterocycles. The predicted octanol–water partition coefficient (Wildman–Crippen LogP) is 4.30. The van der Waals surface area contributed by atoms with E-state index in [0.29, 0.717) is 18.0 Å². The maximum Gasteiger partial charge on any atom is 0.243 e. The molecule has 1 atom stereocenters. The van der Waals surface area contributed by atoms with Gasteiger partial charge in [0.25, 0.3) is 0 Å². The van der Waals surface area contributed by atoms with E-state index in [1.807, 2.05) is 48.5 Å². The summed E-state index contributed by atoms with van der Waals surface area (Å²) in [6.45, 7) is 1.03. The standard InChI is InChI=1S/C19H19NO3S2/c21-25(22,19-9-3-6-15-5-1-2-7-16(15)19)20-11-10-18(24-14-12-20)17-8-4-13-23-17/h1-9,13,18H,10-12,14H2. The molecule has 0 N–H and O–H groups in total. The minimum atomic E-state index is -3.51. The van der Waals surface area contributed by atoms with E-state index in [9.17, 15) is 8.42 Å². The minimum Gasteiger partial charge on any atom is -0.468 e. The van der Waals surface area contributed by atoms with Crippen LogP contribution in [0.2, 0.25) is 0 Å². The first-order chi connectivity index (χ1) is 12.2. The molecule has 1 unspecified atom stereocenters. The van der Waals surface area contributed by atoms with Gasteiger partial charge < -0.3 is 4.42 Å². The van der Waals surface area contributed by atoms with E-state index in [1.54, 1.807) is 28.4 Å². The highest BCUT2D eigenvalue weighted by Crippen LogP contribution is 2.36. The molecule has 0 saturated carbocycles. The molecule has 6 heteroatoms. The molecule has 2 aromatic carbocycles. The molecule has 25 heavy (non-hydrogen) atoms. The molecule has 3 aromatic rings. The topological polar surface area (TPSA) is 50.5 Å². The largest absolute Gasteiger partial charge is 0.468 e. The van der Waals surface area contributed by atoms with Gasteiger partial charge in [-0.3, -0.25) is 0 Å². The van der Waals surface area contributed by atoms with E-state index >= 15 is 0 Å². The van der Waals surface area contributed by atoms with Gasteiger partial charge in [-0.2, -0.15) is 4.31 Å². The van der Waals surface area contributed by atoms with Gasteiger partial charge in [-0.05, 0) is 30.0 Å². The summed E-state index contributed by atoms with van der Waals surface area (Å²) in [5.74, 6) is 1.68. The van der Waals surface area contributed by atoms with E-state index in [0.717, 1.165) is 28.7 Å². The summed E-state index contributed by atoms with van der Waals surface area (Å²) >= 11 is 1.76. The Hall–Kier alpha value is -1.76. The normalized spacial score (nSPS) is 19.8. The number of benzene rings is 2. The molecule has 130 valence electrons. The van der Waals surface area contributed by atoms with Crippen LogP contribution in [0.1, 0.15) is 17.4 Å². The second kappa shape index (κ2) is 6.86. The van der Waals surface area contributed by atoms with Crippen LogP contribution in [-0.2, 0) is 10.0 Å². The van der Waals surface area contributed by atoms with Gasteiger partial charge in [0.2, 0.25) is 10.0 Å². The zero-order valence-electron chi connectivity index (χ0n) is 13.7. The van der Waals surface area contributed by atoms with E-state index in [-0.39, 0.29) is 5.25 Å². The van der Waals surface area contributed by atoms with E-state index in [1.165, 1.54) is 0 Å². The number of furan rings is 1. The van der Waals surface area contributed by atoms with Gasteiger partial charge in [0.15, 0.2) is 0 Å². The van der Waals surface area contributed by atoms with Crippen molar-refractivity contribution in [3.8, 4) is 0 Å². The molecule has 0 spiro atoms. The van der Waals surface area contributed by atoms with Crippen LogP contribution in [0.25, 0.3) is 10.8 Å². The maximum absolute atomic E-state index is 13.2. The second-order valence-electron chi connectivity index (χ2n) is 6.04. The van der Waals surface area contributed by atoms with Gasteiger partial charge in [0.1, 0.15) is 5.76 Å². The molecular weight excluding hydrogens is 354 g/mol. The highest BCUT2D eigenvalue weighted by atomic mass is 32.2. The molecule has 0 radical (unpaired) electrons. The van der Waals surface area contributed by atoms with E-state index < -0.39 is 10.0 Å². The van der Waals surface area contributed by atoms with E-state index in [2.05, 4.69) is 0 Å². The van der Waals surface area contributed by atoms with Crippen LogP contribution in [-0.4, -0.2) is 31.6 Å². The van der Waals surface area contributed by atoms with Gasteiger partial charge >= 0.3 is 0 Å². The third kappa shape index (κ3) is 3.21. The average Bonchev–Trinajstić information content (AvgIpc) is 3.05. The number of hydrogen-bond acceptors (Lipinski definition) is 4. The SMILES string of the molecule is O=S(=O)(c1cccc2ccccc12)N1CCSC(c2ccco2)CC1. The highest BCUT2D eigenvalue weighted by Gasteiger charge is 2.30. The Labute approximate surface area is 151 Å². The van der Waals surface area contributed by atoms with Crippen molar-refractivity contribution in [1.29, 1.82) is 0 Å². The number of thioether (sulfide) groups is 1. The molecule has 1 saturated heterocycles. The maximum atomic E-state index is 13.2. The van der Waals surface area contributed by atoms with Crippen LogP contribution in [0.3, 0.4) is 0 Å². The Bertz CT molecular complexity index is 962. The zero-order valence-corrected chi connectivity index (χ0v) is 15.3. The molecule has 1 aliphatic heterocycles. The van der Waals surface area contributed by atoms with Gasteiger partial charge in [-0.15, -0.1) is 11.8 Å². The molecule has 4 nitrogen and oxygen atoms in total. The van der Waals surface area contributed by atoms with Crippen molar-refractivity contribution in [2.24, 2.45) is 0 Å². The molecule has 4 rings (SSSR count). The summed E-state index contributed by atoms with van der Waals surface area (Å²) in [4.78, 5) is 0.395. The van der Waals surface area contributed by atoms with Crippen molar-refractivity contribution in [3.63, 3.8) is 0 Å². The third-order valence-corrected chi connectivity index (χ3v) is 7.77. The smallest absolute Gasteiger partial charge is 0.243 e. The number of rotatable bonds is 3. The number of nitrogens with zero attached hydrogens (tertiary/aromatic N) is 1. The van der Waals surface area contributed by atoms with Crippen molar-refractivity contribution >= 4 is 32.6 Å². The third-order valence-electron chi connectivity index (χ3n) is 4.53. The van der Waals surface area contributed by atoms with Gasteiger partial charge in [-0.25, -0.2) is 8.42 Å². The summed E-state index contributed by atoms with van der Waals surface area (Å²) in [6, 6.07) is 16.9. The molecule has 1 aliphatic rings. The van der Waals surface area contributed by atoms with Crippen LogP contribution >= 0.6 is 11.8 Å². The minimum absolute atomic E-state index is 0.211. The highest BCUT2D eigenvalue weighted by molar-refractivity contribution is 7.99. The number of fused-ring (bicyclic) bond motifs is 1. The number of hydrogen-bond donors (Lipinski definition) is 0. The molecule has 0 aliphatic carbocycles. The quantitative estimate of drug-likeness (QED) is 0.687. The first kappa shape index (κ1) is 16.7. The summed E-state index contributed by atoms with van der Waals surface area (Å²) in [5, 5.41) is 1.94. The van der Waals surface area contributed by atoms with Gasteiger partial charge in [0.05, 0.1) is 16.4 Å². The number of sulfonamides is 1. The van der Waals surface area contributed by atoms with Crippen molar-refractivity contribution in [2.45, 2.75) is 16.6 Å². The van der Waals surface area contributed by atoms with Crippen molar-refractivity contribution in [3.05, 3.63) is 66.6 Å². The Kier molecular flexibility index (Phi) is 4.58. The fraction of sp³-hybridized carbons (Fsp3) is 0.263. The fourth-order valence-corrected chi connectivity index (χ4v) is 6.22. The molecular formula is C19H19NO3S2. The van der Waals surface area contributed by atoms with Crippen molar-refractivity contribution in [1.82, 2.24) is 4.31 Å². The molecule has 0 bridgehead atoms. The van der Waals surface area contributed by atoms with Crippen molar-refractivity contribution < 1.29 is 12.8 Å². The Morgan fingerprint density at radius 3 is 2.68 bits per heavy atom. The Morgan fingerprint density at radius 1 is 1.00 bits per heavy atom. The summed E-state index contributed by atoms with van der Waals surface area (Å²) in [5.41, 5.74) is 0. The van der Waals surface area contributed by atoms with Gasteiger partial charge in [-0.1, -0.05) is 36.4 Å². The molecule has 1 fully saturated rings. The summed E-state index contributed by atoms with van der Waals surface area (Å²) < 4.78 is 33.6. The lowest BCUT2D eigenvalue weighted by Crippen LogP contribution is -2.33. The van der Waals surface area contributed by atoms with Crippen molar-refractivity contribution in [2.75, 3.05) is 18.8 Å². The predicted molar refractivity (Wildman–Crippen MR) is 101 cm³/mol. The lowest BCUT2D eigenvalue weighted by molar-refractivity contribution is 0.417. The lowest BCUT2D eigenvalue weighted by Gasteiger charge is -2.21. The first-order valence-electron chi connectivity index (χ1n) is 8.29. The zero-order chi connectivity index (χ0) is 17.3. The second-order valence-corrected chi connectivity index (χ2v) is 9.26. The van der Waals surface area contributed by atoms with Crippen LogP contribution in [0.4, 0.5) is 0 Å². The van der Waals surface area contributed by atoms with E-state index in [4.69, 9.17) is 4.42 Å². The Morgan fingerprint density at radius 2 is 1.84 bits per heavy atom. The average molecular weight is 373 g/mol. The first-order valence-corrected chi connectivity index (χ1v) is 10.8. The van der Waals surface area contributed by atoms with Crippen LogP contribution in [0.15, 0.2) is 70.2 Å².